The highest BCUT2D eigenvalue weighted by molar-refractivity contribution is 7.83. The highest BCUT2D eigenvalue weighted by Crippen LogP contribution is 2.30. The van der Waals surface area contributed by atoms with E-state index in [-0.39, 0.29) is 17.9 Å². The van der Waals surface area contributed by atoms with Crippen molar-refractivity contribution in [2.24, 2.45) is 0 Å². The number of piperidine rings is 1. The molecule has 1 aliphatic heterocycles. The Hall–Kier alpha value is -2.74. The molecule has 2 aromatic rings. The molecule has 1 fully saturated rings. The topological polar surface area (TPSA) is 78.5 Å². The van der Waals surface area contributed by atoms with Crippen LogP contribution in [-0.2, 0) is 20.6 Å². The van der Waals surface area contributed by atoms with Gasteiger partial charge < -0.3 is 10.2 Å². The van der Waals surface area contributed by atoms with Crippen molar-refractivity contribution in [2.75, 3.05) is 18.4 Å². The molecule has 1 aliphatic carbocycles. The van der Waals surface area contributed by atoms with Gasteiger partial charge in [0.25, 0.3) is 5.91 Å². The Bertz CT molecular complexity index is 1280. The number of carbonyl (C=O) groups is 2. The number of nitrogens with zero attached hydrogens (tertiary/aromatic N) is 1. The maximum atomic E-state index is 13.3. The number of likely N-dealkylation sites (tertiary alicyclic amines) is 1. The molecule has 190 valence electrons. The predicted molar refractivity (Wildman–Crippen MR) is 147 cm³/mol. The lowest BCUT2D eigenvalue weighted by molar-refractivity contribution is -0.132. The summed E-state index contributed by atoms with van der Waals surface area (Å²) in [6.07, 6.45) is 9.09. The zero-order valence-electron chi connectivity index (χ0n) is 20.7. The average Bonchev–Trinajstić information content (AvgIpc) is 3.05. The summed E-state index contributed by atoms with van der Waals surface area (Å²) in [5.74, 6) is -0.0793. The third-order valence-electron chi connectivity index (χ3n) is 6.57. The summed E-state index contributed by atoms with van der Waals surface area (Å²) in [5, 5.41) is 5.10. The van der Waals surface area contributed by atoms with Crippen LogP contribution in [-0.4, -0.2) is 40.1 Å². The number of fused-ring (bicyclic) bond motifs is 1. The largest absolute Gasteiger partial charge is 0.343 e. The Morgan fingerprint density at radius 1 is 1.08 bits per heavy atom. The first-order valence-corrected chi connectivity index (χ1v) is 13.9. The molecule has 1 unspecified atom stereocenters. The maximum Gasteiger partial charge on any atom is 0.256 e. The molecule has 0 spiro atoms. The highest BCUT2D eigenvalue weighted by atomic mass is 35.5. The summed E-state index contributed by atoms with van der Waals surface area (Å²) in [4.78, 5) is 27.8. The molecule has 1 heterocycles. The Morgan fingerprint density at radius 2 is 1.81 bits per heavy atom. The molecule has 2 aromatic carbocycles. The number of amides is 2. The molecule has 36 heavy (non-hydrogen) atoms. The summed E-state index contributed by atoms with van der Waals surface area (Å²) in [5.41, 5.74) is 2.13. The molecule has 8 heteroatoms. The second-order valence-corrected chi connectivity index (χ2v) is 10.9. The van der Waals surface area contributed by atoms with Gasteiger partial charge in [-0.25, -0.2) is 8.93 Å². The molecule has 0 aromatic heterocycles. The van der Waals surface area contributed by atoms with Crippen molar-refractivity contribution in [3.05, 3.63) is 70.8 Å². The van der Waals surface area contributed by atoms with Crippen LogP contribution in [0.2, 0.25) is 0 Å². The van der Waals surface area contributed by atoms with E-state index >= 15 is 0 Å². The second kappa shape index (κ2) is 12.0. The van der Waals surface area contributed by atoms with E-state index in [9.17, 15) is 13.8 Å². The smallest absolute Gasteiger partial charge is 0.256 e. The highest BCUT2D eigenvalue weighted by Gasteiger charge is 2.24. The molecule has 2 amide bonds. The number of hydrogen-bond donors (Lipinski definition) is 2. The van der Waals surface area contributed by atoms with Gasteiger partial charge in [-0.2, -0.15) is 0 Å². The van der Waals surface area contributed by atoms with Crippen LogP contribution in [0.4, 0.5) is 5.69 Å². The number of halogens is 1. The number of hydrogen-bond acceptors (Lipinski definition) is 3. The molecule has 0 bridgehead atoms. The first-order valence-electron chi connectivity index (χ1n) is 12.4. The van der Waals surface area contributed by atoms with Gasteiger partial charge in [-0.3, -0.25) is 9.59 Å². The molecular formula is C28H32ClN3O3S. The quantitative estimate of drug-likeness (QED) is 0.495. The minimum Gasteiger partial charge on any atom is -0.343 e. The molecule has 6 nitrogen and oxygen atoms in total. The second-order valence-electron chi connectivity index (χ2n) is 9.21. The number of anilines is 1. The lowest BCUT2D eigenvalue weighted by atomic mass is 10.1. The molecule has 2 aliphatic rings. The Morgan fingerprint density at radius 3 is 2.53 bits per heavy atom. The van der Waals surface area contributed by atoms with Gasteiger partial charge in [-0.15, -0.1) is 0 Å². The van der Waals surface area contributed by atoms with E-state index in [4.69, 9.17) is 11.6 Å². The average molecular weight is 526 g/mol. The van der Waals surface area contributed by atoms with Gasteiger partial charge in [0.2, 0.25) is 5.91 Å². The number of rotatable bonds is 7. The van der Waals surface area contributed by atoms with Crippen LogP contribution in [0.25, 0.3) is 10.8 Å². The van der Waals surface area contributed by atoms with Gasteiger partial charge in [0.05, 0.1) is 10.5 Å². The minimum absolute atomic E-state index is 0.0721. The van der Waals surface area contributed by atoms with E-state index in [1.807, 2.05) is 55.2 Å². The minimum atomic E-state index is -1.43. The number of carbonyl (C=O) groups excluding carboxylic acids is 2. The van der Waals surface area contributed by atoms with Crippen LogP contribution in [0.5, 0.6) is 0 Å². The number of benzene rings is 2. The lowest BCUT2D eigenvalue weighted by Gasteiger charge is -2.32. The summed E-state index contributed by atoms with van der Waals surface area (Å²) in [7, 11) is -1.43. The Labute approximate surface area is 220 Å². The van der Waals surface area contributed by atoms with E-state index in [1.54, 1.807) is 18.2 Å². The zero-order chi connectivity index (χ0) is 25.7. The van der Waals surface area contributed by atoms with Crippen molar-refractivity contribution < 1.29 is 13.8 Å². The molecule has 0 saturated carbocycles. The van der Waals surface area contributed by atoms with Crippen LogP contribution < -0.4 is 10.0 Å². The summed E-state index contributed by atoms with van der Waals surface area (Å²) < 4.78 is 16.6. The van der Waals surface area contributed by atoms with Gasteiger partial charge in [0.1, 0.15) is 11.0 Å². The molecule has 4 rings (SSSR count). The van der Waals surface area contributed by atoms with Crippen LogP contribution >= 0.6 is 11.6 Å². The Balaban J connectivity index is 1.49. The van der Waals surface area contributed by atoms with E-state index < -0.39 is 11.0 Å². The third-order valence-corrected chi connectivity index (χ3v) is 8.23. The number of nitrogens with one attached hydrogen (secondary N) is 2. The van der Waals surface area contributed by atoms with Gasteiger partial charge >= 0.3 is 0 Å². The van der Waals surface area contributed by atoms with Gasteiger partial charge in [-0.1, -0.05) is 60.5 Å². The van der Waals surface area contributed by atoms with Crippen molar-refractivity contribution in [3.8, 4) is 0 Å². The normalized spacial score (nSPS) is 17.6. The van der Waals surface area contributed by atoms with Crippen LogP contribution in [0, 0.1) is 0 Å². The fraction of sp³-hybridized carbons (Fsp3) is 0.357. The van der Waals surface area contributed by atoms with E-state index in [0.29, 0.717) is 47.1 Å². The molecule has 2 N–H and O–H groups in total. The van der Waals surface area contributed by atoms with Gasteiger partial charge in [0.15, 0.2) is 0 Å². The summed E-state index contributed by atoms with van der Waals surface area (Å²) in [6.45, 7) is 5.34. The van der Waals surface area contributed by atoms with Crippen LogP contribution in [0.15, 0.2) is 75.7 Å². The Kier molecular flexibility index (Phi) is 8.77. The first kappa shape index (κ1) is 26.3. The van der Waals surface area contributed by atoms with Crippen LogP contribution in [0.3, 0.4) is 0 Å². The zero-order valence-corrected chi connectivity index (χ0v) is 22.3. The first-order chi connectivity index (χ1) is 17.4. The standard InChI is InChI=1S/C28H32ClN3O3S/c1-3-6-27(33)32-17-15-20(16-18-32)31-36(35)26-14-13-25(21-7-4-5-8-22(21)26)30-28(34)23-11-9-19(2)10-12-24(23)29/h4-5,7-11,13-14,20,31H,3,6,12,15-18H2,1-2H3,(H,30,34). The van der Waals surface area contributed by atoms with E-state index in [1.165, 1.54) is 0 Å². The summed E-state index contributed by atoms with van der Waals surface area (Å²) >= 11 is 6.39. The predicted octanol–water partition coefficient (Wildman–Crippen LogP) is 5.58. The molecule has 1 saturated heterocycles. The van der Waals surface area contributed by atoms with Crippen molar-refractivity contribution in [3.63, 3.8) is 0 Å². The van der Waals surface area contributed by atoms with E-state index in [0.717, 1.165) is 35.6 Å². The molecule has 1 atom stereocenters. The number of allylic oxidation sites excluding steroid dienone is 4. The van der Waals surface area contributed by atoms with Gasteiger partial charge in [0, 0.05) is 53.5 Å². The summed E-state index contributed by atoms with van der Waals surface area (Å²) in [6, 6.07) is 11.3. The van der Waals surface area contributed by atoms with Crippen LogP contribution in [0.1, 0.15) is 46.0 Å². The SMILES string of the molecule is CCCC(=O)N1CCC(NS(=O)c2ccc(NC(=O)C3=C(Cl)CC=C(C)C=C3)c3ccccc23)CC1. The fourth-order valence-electron chi connectivity index (χ4n) is 4.50. The lowest BCUT2D eigenvalue weighted by Crippen LogP contribution is -2.45. The van der Waals surface area contributed by atoms with E-state index in [2.05, 4.69) is 10.0 Å². The monoisotopic (exact) mass is 525 g/mol. The fourth-order valence-corrected chi connectivity index (χ4v) is 5.96. The van der Waals surface area contributed by atoms with Crippen molar-refractivity contribution in [2.45, 2.75) is 56.9 Å². The van der Waals surface area contributed by atoms with Crippen molar-refractivity contribution >= 4 is 50.9 Å². The van der Waals surface area contributed by atoms with Gasteiger partial charge in [-0.05, 0) is 44.4 Å². The molecule has 0 radical (unpaired) electrons. The van der Waals surface area contributed by atoms with Crippen molar-refractivity contribution in [1.29, 1.82) is 0 Å². The maximum absolute atomic E-state index is 13.3. The molecular weight excluding hydrogens is 494 g/mol. The van der Waals surface area contributed by atoms with Crippen molar-refractivity contribution in [1.82, 2.24) is 9.62 Å². The third kappa shape index (κ3) is 6.14.